The molecule has 0 saturated carbocycles. The van der Waals surface area contributed by atoms with Crippen molar-refractivity contribution in [3.8, 4) is 0 Å². The highest BCUT2D eigenvalue weighted by Gasteiger charge is 2.15. The van der Waals surface area contributed by atoms with Gasteiger partial charge in [-0.15, -0.1) is 5.10 Å². The van der Waals surface area contributed by atoms with Gasteiger partial charge in [-0.25, -0.2) is 0 Å². The van der Waals surface area contributed by atoms with Crippen molar-refractivity contribution in [2.75, 3.05) is 5.32 Å². The molecule has 0 radical (unpaired) electrons. The summed E-state index contributed by atoms with van der Waals surface area (Å²) in [7, 11) is 0. The summed E-state index contributed by atoms with van der Waals surface area (Å²) in [5.74, 6) is -0.164. The number of aromatic nitrogens is 2. The first-order chi connectivity index (χ1) is 8.59. The Hall–Kier alpha value is -1.27. The van der Waals surface area contributed by atoms with Crippen molar-refractivity contribution in [1.29, 1.82) is 0 Å². The second-order valence-electron chi connectivity index (χ2n) is 3.84. The molecule has 1 N–H and O–H groups in total. The van der Waals surface area contributed by atoms with Gasteiger partial charge in [0.1, 0.15) is 4.88 Å². The van der Waals surface area contributed by atoms with Gasteiger partial charge in [-0.1, -0.05) is 38.6 Å². The van der Waals surface area contributed by atoms with Crippen LogP contribution >= 0.6 is 27.5 Å². The predicted molar refractivity (Wildman–Crippen MR) is 76.4 cm³/mol. The molecule has 6 heteroatoms. The van der Waals surface area contributed by atoms with E-state index in [4.69, 9.17) is 0 Å². The van der Waals surface area contributed by atoms with Gasteiger partial charge in [-0.2, -0.15) is 0 Å². The number of carbonyl (C=O) groups is 1. The van der Waals surface area contributed by atoms with E-state index < -0.39 is 0 Å². The number of benzene rings is 1. The average molecular weight is 326 g/mol. The van der Waals surface area contributed by atoms with Crippen LogP contribution in [0, 0.1) is 6.92 Å². The standard InChI is InChI=1S/C12H12BrN3OS/c1-7(13)9-5-3-4-6-10(9)14-12(17)11-8(2)15-16-18-11/h3-7H,1-2H3,(H,14,17). The molecule has 0 aliphatic heterocycles. The first-order valence-corrected chi connectivity index (χ1v) is 7.12. The van der Waals surface area contributed by atoms with E-state index in [1.165, 1.54) is 0 Å². The highest BCUT2D eigenvalue weighted by atomic mass is 79.9. The molecule has 0 aliphatic carbocycles. The van der Waals surface area contributed by atoms with Crippen molar-refractivity contribution >= 4 is 39.1 Å². The van der Waals surface area contributed by atoms with Crippen LogP contribution in [0.2, 0.25) is 0 Å². The second kappa shape index (κ2) is 5.58. The minimum Gasteiger partial charge on any atom is -0.321 e. The molecule has 18 heavy (non-hydrogen) atoms. The quantitative estimate of drug-likeness (QED) is 0.878. The normalized spacial score (nSPS) is 12.2. The number of anilines is 1. The summed E-state index contributed by atoms with van der Waals surface area (Å²) in [5.41, 5.74) is 2.50. The van der Waals surface area contributed by atoms with E-state index in [0.717, 1.165) is 22.8 Å². The number of hydrogen-bond acceptors (Lipinski definition) is 4. The van der Waals surface area contributed by atoms with Crippen molar-refractivity contribution in [3.63, 3.8) is 0 Å². The van der Waals surface area contributed by atoms with Crippen molar-refractivity contribution in [2.24, 2.45) is 0 Å². The number of carbonyl (C=O) groups excluding carboxylic acids is 1. The van der Waals surface area contributed by atoms with E-state index in [2.05, 4.69) is 30.8 Å². The monoisotopic (exact) mass is 325 g/mol. The predicted octanol–water partition coefficient (Wildman–Crippen LogP) is 3.55. The van der Waals surface area contributed by atoms with Crippen LogP contribution in [0.1, 0.15) is 32.7 Å². The largest absolute Gasteiger partial charge is 0.321 e. The van der Waals surface area contributed by atoms with Crippen molar-refractivity contribution < 1.29 is 4.79 Å². The molecule has 1 aromatic heterocycles. The molecule has 1 amide bonds. The van der Waals surface area contributed by atoms with Crippen LogP contribution in [-0.4, -0.2) is 15.5 Å². The van der Waals surface area contributed by atoms with Gasteiger partial charge in [0.15, 0.2) is 0 Å². The van der Waals surface area contributed by atoms with Crippen molar-refractivity contribution in [2.45, 2.75) is 18.7 Å². The number of rotatable bonds is 3. The number of amides is 1. The zero-order valence-electron chi connectivity index (χ0n) is 9.98. The Labute approximate surface area is 118 Å². The van der Waals surface area contributed by atoms with E-state index in [0.29, 0.717) is 10.6 Å². The molecular formula is C12H12BrN3OS. The number of hydrogen-bond donors (Lipinski definition) is 1. The number of aryl methyl sites for hydroxylation is 1. The first-order valence-electron chi connectivity index (χ1n) is 5.43. The lowest BCUT2D eigenvalue weighted by molar-refractivity contribution is 0.102. The summed E-state index contributed by atoms with van der Waals surface area (Å²) >= 11 is 4.62. The van der Waals surface area contributed by atoms with Crippen LogP contribution in [-0.2, 0) is 0 Å². The Morgan fingerprint density at radius 3 is 2.78 bits per heavy atom. The van der Waals surface area contributed by atoms with E-state index in [-0.39, 0.29) is 10.7 Å². The zero-order valence-corrected chi connectivity index (χ0v) is 12.4. The summed E-state index contributed by atoms with van der Waals surface area (Å²) < 4.78 is 3.76. The van der Waals surface area contributed by atoms with E-state index in [1.807, 2.05) is 31.2 Å². The van der Waals surface area contributed by atoms with Gasteiger partial charge in [-0.3, -0.25) is 4.79 Å². The third-order valence-corrected chi connectivity index (χ3v) is 3.82. The van der Waals surface area contributed by atoms with Crippen LogP contribution in [0.4, 0.5) is 5.69 Å². The maximum absolute atomic E-state index is 12.1. The van der Waals surface area contributed by atoms with E-state index >= 15 is 0 Å². The molecule has 1 unspecified atom stereocenters. The van der Waals surface area contributed by atoms with Gasteiger partial charge in [0.25, 0.3) is 5.91 Å². The van der Waals surface area contributed by atoms with Crippen LogP contribution < -0.4 is 5.32 Å². The molecule has 4 nitrogen and oxygen atoms in total. The molecule has 0 fully saturated rings. The Bertz CT molecular complexity index is 568. The van der Waals surface area contributed by atoms with Crippen LogP contribution in [0.3, 0.4) is 0 Å². The molecule has 94 valence electrons. The molecule has 0 bridgehead atoms. The van der Waals surface area contributed by atoms with Gasteiger partial charge < -0.3 is 5.32 Å². The number of alkyl halides is 1. The fourth-order valence-electron chi connectivity index (χ4n) is 1.58. The van der Waals surface area contributed by atoms with Crippen LogP contribution in [0.5, 0.6) is 0 Å². The lowest BCUT2D eigenvalue weighted by atomic mass is 10.1. The Morgan fingerprint density at radius 1 is 1.44 bits per heavy atom. The maximum atomic E-state index is 12.1. The molecule has 2 rings (SSSR count). The zero-order chi connectivity index (χ0) is 13.1. The van der Waals surface area contributed by atoms with E-state index in [1.54, 1.807) is 6.92 Å². The van der Waals surface area contributed by atoms with Gasteiger partial charge >= 0.3 is 0 Å². The molecular weight excluding hydrogens is 314 g/mol. The molecule has 0 saturated heterocycles. The third-order valence-electron chi connectivity index (χ3n) is 2.50. The van der Waals surface area contributed by atoms with Gasteiger partial charge in [0, 0.05) is 10.5 Å². The Morgan fingerprint density at radius 2 is 2.17 bits per heavy atom. The van der Waals surface area contributed by atoms with Crippen LogP contribution in [0.15, 0.2) is 24.3 Å². The smallest absolute Gasteiger partial charge is 0.269 e. The average Bonchev–Trinajstić information content (AvgIpc) is 2.76. The Balaban J connectivity index is 2.25. The summed E-state index contributed by atoms with van der Waals surface area (Å²) in [6, 6.07) is 7.70. The van der Waals surface area contributed by atoms with Gasteiger partial charge in [-0.05, 0) is 37.0 Å². The summed E-state index contributed by atoms with van der Waals surface area (Å²) in [4.78, 5) is 12.8. The van der Waals surface area contributed by atoms with E-state index in [9.17, 15) is 4.79 Å². The molecule has 0 spiro atoms. The number of para-hydroxylation sites is 1. The minimum atomic E-state index is -0.164. The van der Waals surface area contributed by atoms with Crippen molar-refractivity contribution in [3.05, 3.63) is 40.4 Å². The topological polar surface area (TPSA) is 54.9 Å². The first kappa shape index (κ1) is 13.2. The number of nitrogens with one attached hydrogen (secondary N) is 1. The molecule has 2 aromatic rings. The lowest BCUT2D eigenvalue weighted by Crippen LogP contribution is -2.13. The fourth-order valence-corrected chi connectivity index (χ4v) is 2.53. The highest BCUT2D eigenvalue weighted by molar-refractivity contribution is 9.09. The number of halogens is 1. The maximum Gasteiger partial charge on any atom is 0.269 e. The third kappa shape index (κ3) is 2.76. The SMILES string of the molecule is Cc1nnsc1C(=O)Nc1ccccc1C(C)Br. The number of nitrogens with zero attached hydrogens (tertiary/aromatic N) is 2. The molecule has 1 aromatic carbocycles. The molecule has 1 atom stereocenters. The highest BCUT2D eigenvalue weighted by Crippen LogP contribution is 2.29. The van der Waals surface area contributed by atoms with Crippen molar-refractivity contribution in [1.82, 2.24) is 9.59 Å². The summed E-state index contributed by atoms with van der Waals surface area (Å²) in [5, 5.41) is 6.73. The second-order valence-corrected chi connectivity index (χ2v) is 5.97. The minimum absolute atomic E-state index is 0.164. The summed E-state index contributed by atoms with van der Waals surface area (Å²) in [6.07, 6.45) is 0. The van der Waals surface area contributed by atoms with Gasteiger partial charge in [0.2, 0.25) is 0 Å². The fraction of sp³-hybridized carbons (Fsp3) is 0.250. The molecule has 1 heterocycles. The van der Waals surface area contributed by atoms with Gasteiger partial charge in [0.05, 0.1) is 5.69 Å². The Kier molecular flexibility index (Phi) is 4.08. The summed E-state index contributed by atoms with van der Waals surface area (Å²) in [6.45, 7) is 3.79. The van der Waals surface area contributed by atoms with Crippen LogP contribution in [0.25, 0.3) is 0 Å². The molecule has 0 aliphatic rings. The lowest BCUT2D eigenvalue weighted by Gasteiger charge is -2.11.